The zero-order valence-electron chi connectivity index (χ0n) is 6.88. The SMILES string of the molecule is OC[C@@]1(Br)O[C@@H](O)[C@H](O)[C@@H](O)[C@H]1OCl. The minimum atomic E-state index is -1.63. The normalized spacial score (nSPS) is 49.3. The summed E-state index contributed by atoms with van der Waals surface area (Å²) in [7, 11) is 0. The average Bonchev–Trinajstić information content (AvgIpc) is 2.15. The Morgan fingerprint density at radius 1 is 1.36 bits per heavy atom. The molecule has 6 nitrogen and oxygen atoms in total. The van der Waals surface area contributed by atoms with Gasteiger partial charge in [-0.25, -0.2) is 0 Å². The molecule has 0 aromatic rings. The number of hydrogen-bond acceptors (Lipinski definition) is 6. The van der Waals surface area contributed by atoms with Crippen molar-refractivity contribution in [1.82, 2.24) is 0 Å². The molecule has 1 aliphatic heterocycles. The molecular weight excluding hydrogens is 283 g/mol. The van der Waals surface area contributed by atoms with Crippen LogP contribution in [0.1, 0.15) is 0 Å². The van der Waals surface area contributed by atoms with Gasteiger partial charge in [-0.2, -0.15) is 0 Å². The summed E-state index contributed by atoms with van der Waals surface area (Å²) in [5, 5.41) is 36.8. The molecule has 4 N–H and O–H groups in total. The molecule has 0 aromatic heterocycles. The lowest BCUT2D eigenvalue weighted by Crippen LogP contribution is -2.63. The number of aliphatic hydroxyl groups is 4. The van der Waals surface area contributed by atoms with Gasteiger partial charge in [0.15, 0.2) is 10.8 Å². The maximum absolute atomic E-state index is 9.43. The second kappa shape index (κ2) is 4.58. The highest BCUT2D eigenvalue weighted by molar-refractivity contribution is 9.10. The van der Waals surface area contributed by atoms with Gasteiger partial charge in [0.05, 0.1) is 18.5 Å². The van der Waals surface area contributed by atoms with Gasteiger partial charge in [-0.05, 0) is 15.9 Å². The fourth-order valence-corrected chi connectivity index (χ4v) is 2.10. The van der Waals surface area contributed by atoms with Crippen LogP contribution in [0.4, 0.5) is 0 Å². The van der Waals surface area contributed by atoms with E-state index in [1.165, 1.54) is 0 Å². The average molecular weight is 293 g/mol. The largest absolute Gasteiger partial charge is 0.392 e. The summed E-state index contributed by atoms with van der Waals surface area (Å²) in [4.78, 5) is 0. The molecule has 14 heavy (non-hydrogen) atoms. The molecule has 0 aliphatic carbocycles. The van der Waals surface area contributed by atoms with Gasteiger partial charge in [-0.1, -0.05) is 0 Å². The Hall–Kier alpha value is 0.530. The van der Waals surface area contributed by atoms with Crippen molar-refractivity contribution in [3.05, 3.63) is 0 Å². The van der Waals surface area contributed by atoms with E-state index in [1.807, 2.05) is 0 Å². The molecule has 0 bridgehead atoms. The highest BCUT2D eigenvalue weighted by Gasteiger charge is 2.53. The molecular formula is C6H10BrClO6. The summed E-state index contributed by atoms with van der Waals surface area (Å²) < 4.78 is 7.62. The summed E-state index contributed by atoms with van der Waals surface area (Å²) in [5.74, 6) is 0. The first-order valence-corrected chi connectivity index (χ1v) is 4.85. The van der Waals surface area contributed by atoms with Crippen molar-refractivity contribution in [3.8, 4) is 0 Å². The number of hydrogen-bond donors (Lipinski definition) is 4. The first-order valence-electron chi connectivity index (χ1n) is 3.75. The van der Waals surface area contributed by atoms with Gasteiger partial charge in [0.2, 0.25) is 0 Å². The van der Waals surface area contributed by atoms with Crippen molar-refractivity contribution in [3.63, 3.8) is 0 Å². The van der Waals surface area contributed by atoms with Gasteiger partial charge in [-0.3, -0.25) is 4.29 Å². The van der Waals surface area contributed by atoms with Gasteiger partial charge in [0.1, 0.15) is 18.3 Å². The van der Waals surface area contributed by atoms with E-state index >= 15 is 0 Å². The van der Waals surface area contributed by atoms with Crippen molar-refractivity contribution < 1.29 is 29.5 Å². The lowest BCUT2D eigenvalue weighted by molar-refractivity contribution is -0.291. The van der Waals surface area contributed by atoms with Crippen LogP contribution in [0.15, 0.2) is 0 Å². The highest BCUT2D eigenvalue weighted by Crippen LogP contribution is 2.36. The van der Waals surface area contributed by atoms with Crippen molar-refractivity contribution in [2.75, 3.05) is 6.61 Å². The highest BCUT2D eigenvalue weighted by atomic mass is 79.9. The molecule has 0 unspecified atom stereocenters. The second-order valence-electron chi connectivity index (χ2n) is 2.94. The number of aliphatic hydroxyl groups excluding tert-OH is 4. The molecule has 8 heteroatoms. The monoisotopic (exact) mass is 292 g/mol. The van der Waals surface area contributed by atoms with Crippen LogP contribution in [-0.2, 0) is 9.03 Å². The van der Waals surface area contributed by atoms with Gasteiger partial charge in [0.25, 0.3) is 0 Å². The van der Waals surface area contributed by atoms with Crippen LogP contribution in [-0.4, -0.2) is 56.1 Å². The fraction of sp³-hybridized carbons (Fsp3) is 1.00. The van der Waals surface area contributed by atoms with Gasteiger partial charge >= 0.3 is 0 Å². The Balaban J connectivity index is 2.87. The molecule has 1 saturated heterocycles. The number of ether oxygens (including phenoxy) is 1. The topological polar surface area (TPSA) is 99.4 Å². The van der Waals surface area contributed by atoms with Gasteiger partial charge in [0, 0.05) is 0 Å². The Bertz CT molecular complexity index is 207. The Morgan fingerprint density at radius 2 is 1.93 bits per heavy atom. The maximum Gasteiger partial charge on any atom is 0.185 e. The molecule has 0 saturated carbocycles. The van der Waals surface area contributed by atoms with E-state index in [0.29, 0.717) is 0 Å². The van der Waals surface area contributed by atoms with Crippen molar-refractivity contribution >= 4 is 27.8 Å². The smallest absolute Gasteiger partial charge is 0.185 e. The molecule has 5 atom stereocenters. The molecule has 0 amide bonds. The number of rotatable bonds is 2. The number of halogens is 2. The summed E-state index contributed by atoms with van der Waals surface area (Å²) in [6, 6.07) is 0. The van der Waals surface area contributed by atoms with Crippen molar-refractivity contribution in [1.29, 1.82) is 0 Å². The van der Waals surface area contributed by atoms with Crippen molar-refractivity contribution in [2.24, 2.45) is 0 Å². The standard InChI is InChI=1S/C6H10BrClO6/c7-6(1-9)4(14-8)2(10)3(11)5(12)13-6/h2-5,9-12H,1H2/t2-,3-,4-,5-,6-/m1/s1. The molecule has 0 spiro atoms. The van der Waals surface area contributed by atoms with E-state index in [0.717, 1.165) is 0 Å². The minimum absolute atomic E-state index is 0.592. The molecule has 1 heterocycles. The van der Waals surface area contributed by atoms with E-state index in [-0.39, 0.29) is 0 Å². The summed E-state index contributed by atoms with van der Waals surface area (Å²) in [5.41, 5.74) is 0. The van der Waals surface area contributed by atoms with Crippen molar-refractivity contribution in [2.45, 2.75) is 29.1 Å². The first-order chi connectivity index (χ1) is 6.46. The minimum Gasteiger partial charge on any atom is -0.392 e. The second-order valence-corrected chi connectivity index (χ2v) is 4.46. The van der Waals surface area contributed by atoms with E-state index in [2.05, 4.69) is 20.2 Å². The van der Waals surface area contributed by atoms with Crippen LogP contribution in [0.25, 0.3) is 0 Å². The first kappa shape index (κ1) is 12.6. The summed E-state index contributed by atoms with van der Waals surface area (Å²) >= 11 is 7.99. The van der Waals surface area contributed by atoms with Crippen LogP contribution in [0.5, 0.6) is 0 Å². The summed E-state index contributed by atoms with van der Waals surface area (Å²) in [6.45, 7) is -0.592. The van der Waals surface area contributed by atoms with Gasteiger partial charge < -0.3 is 25.2 Å². The van der Waals surface area contributed by atoms with Crippen LogP contribution >= 0.6 is 27.8 Å². The van der Waals surface area contributed by atoms with E-state index < -0.39 is 35.7 Å². The fourth-order valence-electron chi connectivity index (χ4n) is 1.19. The molecule has 1 aliphatic rings. The van der Waals surface area contributed by atoms with Crippen LogP contribution < -0.4 is 0 Å². The van der Waals surface area contributed by atoms with E-state index in [1.54, 1.807) is 0 Å². The van der Waals surface area contributed by atoms with Crippen LogP contribution in [0.3, 0.4) is 0 Å². The van der Waals surface area contributed by atoms with E-state index in [4.69, 9.17) is 26.8 Å². The Morgan fingerprint density at radius 3 is 2.36 bits per heavy atom. The maximum atomic E-state index is 9.43. The molecule has 1 fully saturated rings. The summed E-state index contributed by atoms with van der Waals surface area (Å²) in [6.07, 6.45) is -5.84. The van der Waals surface area contributed by atoms with Gasteiger partial charge in [-0.15, -0.1) is 0 Å². The Kier molecular flexibility index (Phi) is 4.12. The molecule has 0 radical (unpaired) electrons. The molecule has 0 aromatic carbocycles. The van der Waals surface area contributed by atoms with E-state index in [9.17, 15) is 10.2 Å². The molecule has 84 valence electrons. The molecule has 1 rings (SSSR count). The lowest BCUT2D eigenvalue weighted by Gasteiger charge is -2.43. The van der Waals surface area contributed by atoms with Crippen LogP contribution in [0, 0.1) is 0 Å². The van der Waals surface area contributed by atoms with Crippen LogP contribution in [0.2, 0.25) is 0 Å². The third-order valence-electron chi connectivity index (χ3n) is 2.01. The Labute approximate surface area is 93.3 Å². The predicted octanol–water partition coefficient (Wildman–Crippen LogP) is -1.32. The third-order valence-corrected chi connectivity index (χ3v) is 3.09. The zero-order chi connectivity index (χ0) is 10.9. The lowest BCUT2D eigenvalue weighted by atomic mass is 9.99. The zero-order valence-corrected chi connectivity index (χ0v) is 9.22. The number of alkyl halides is 1. The third kappa shape index (κ3) is 2.05. The quantitative estimate of drug-likeness (QED) is 0.471. The predicted molar refractivity (Wildman–Crippen MR) is 48.6 cm³/mol.